The molecule has 29 heavy (non-hydrogen) atoms. The number of allylic oxidation sites excluding steroid dienone is 1. The number of carbonyl (C=O) groups excluding carboxylic acids is 1. The van der Waals surface area contributed by atoms with E-state index in [4.69, 9.17) is 4.74 Å². The largest absolute Gasteiger partial charge is 0.496 e. The van der Waals surface area contributed by atoms with Crippen LogP contribution < -0.4 is 10.1 Å². The zero-order chi connectivity index (χ0) is 20.2. The Morgan fingerprint density at radius 3 is 2.59 bits per heavy atom. The summed E-state index contributed by atoms with van der Waals surface area (Å²) in [5, 5.41) is 3.02. The molecule has 0 aliphatic heterocycles. The fraction of sp³-hybridized carbons (Fsp3) is 0.192. The van der Waals surface area contributed by atoms with Crippen LogP contribution in [0, 0.1) is 0 Å². The Balaban J connectivity index is 1.59. The average molecular weight is 383 g/mol. The number of amides is 1. The van der Waals surface area contributed by atoms with E-state index >= 15 is 0 Å². The Kier molecular flexibility index (Phi) is 5.48. The third-order valence-electron chi connectivity index (χ3n) is 5.46. The summed E-state index contributed by atoms with van der Waals surface area (Å²) in [6.45, 7) is 2.04. The van der Waals surface area contributed by atoms with E-state index in [0.29, 0.717) is 11.3 Å². The second kappa shape index (κ2) is 8.36. The van der Waals surface area contributed by atoms with Crippen molar-refractivity contribution in [1.29, 1.82) is 0 Å². The van der Waals surface area contributed by atoms with Crippen molar-refractivity contribution in [3.8, 4) is 16.9 Å². The number of carbonyl (C=O) groups is 1. The highest BCUT2D eigenvalue weighted by Crippen LogP contribution is 2.31. The van der Waals surface area contributed by atoms with Crippen LogP contribution in [0.15, 0.2) is 66.7 Å². The fourth-order valence-electron chi connectivity index (χ4n) is 3.95. The minimum atomic E-state index is -0.146. The summed E-state index contributed by atoms with van der Waals surface area (Å²) in [7, 11) is 1.59. The van der Waals surface area contributed by atoms with E-state index in [1.165, 1.54) is 16.7 Å². The molecule has 0 saturated carbocycles. The third kappa shape index (κ3) is 3.81. The molecule has 146 valence electrons. The Hall–Kier alpha value is -3.33. The molecule has 1 aliphatic rings. The molecule has 0 saturated heterocycles. The molecular weight excluding hydrogens is 358 g/mol. The van der Waals surface area contributed by atoms with E-state index in [2.05, 4.69) is 47.8 Å². The van der Waals surface area contributed by atoms with Gasteiger partial charge in [-0.15, -0.1) is 0 Å². The van der Waals surface area contributed by atoms with E-state index < -0.39 is 0 Å². The van der Waals surface area contributed by atoms with E-state index in [9.17, 15) is 4.79 Å². The first kappa shape index (κ1) is 19.0. The van der Waals surface area contributed by atoms with Crippen molar-refractivity contribution in [2.24, 2.45) is 0 Å². The summed E-state index contributed by atoms with van der Waals surface area (Å²) in [5.41, 5.74) is 7.42. The molecule has 0 unspecified atom stereocenters. The van der Waals surface area contributed by atoms with Gasteiger partial charge in [-0.3, -0.25) is 4.79 Å². The van der Waals surface area contributed by atoms with Crippen molar-refractivity contribution in [1.82, 2.24) is 0 Å². The Morgan fingerprint density at radius 2 is 1.83 bits per heavy atom. The maximum atomic E-state index is 12.9. The van der Waals surface area contributed by atoms with Crippen LogP contribution in [0.4, 0.5) is 5.69 Å². The molecule has 0 atom stereocenters. The predicted molar refractivity (Wildman–Crippen MR) is 120 cm³/mol. The number of ether oxygens (including phenoxy) is 1. The van der Waals surface area contributed by atoms with Crippen molar-refractivity contribution < 1.29 is 9.53 Å². The van der Waals surface area contributed by atoms with Gasteiger partial charge in [-0.25, -0.2) is 0 Å². The summed E-state index contributed by atoms with van der Waals surface area (Å²) in [5.74, 6) is 0.452. The van der Waals surface area contributed by atoms with Crippen molar-refractivity contribution >= 4 is 17.7 Å². The Morgan fingerprint density at radius 1 is 1.03 bits per heavy atom. The molecule has 0 radical (unpaired) electrons. The zero-order valence-electron chi connectivity index (χ0n) is 16.9. The van der Waals surface area contributed by atoms with Crippen molar-refractivity contribution in [3.05, 3.63) is 89.0 Å². The van der Waals surface area contributed by atoms with Crippen LogP contribution in [0.5, 0.6) is 5.75 Å². The molecule has 0 bridgehead atoms. The van der Waals surface area contributed by atoms with Gasteiger partial charge < -0.3 is 10.1 Å². The first-order chi connectivity index (χ1) is 14.2. The van der Waals surface area contributed by atoms with E-state index in [-0.39, 0.29) is 5.91 Å². The molecule has 3 nitrogen and oxygen atoms in total. The monoisotopic (exact) mass is 383 g/mol. The van der Waals surface area contributed by atoms with Crippen molar-refractivity contribution in [2.75, 3.05) is 12.4 Å². The molecule has 3 aromatic rings. The van der Waals surface area contributed by atoms with Gasteiger partial charge >= 0.3 is 0 Å². The third-order valence-corrected chi connectivity index (χ3v) is 5.46. The number of hydrogen-bond acceptors (Lipinski definition) is 2. The lowest BCUT2D eigenvalue weighted by atomic mass is 9.90. The second-order valence-corrected chi connectivity index (χ2v) is 7.20. The van der Waals surface area contributed by atoms with Gasteiger partial charge in [-0.05, 0) is 65.3 Å². The summed E-state index contributed by atoms with van der Waals surface area (Å²) < 4.78 is 5.41. The van der Waals surface area contributed by atoms with Crippen molar-refractivity contribution in [3.63, 3.8) is 0 Å². The summed E-state index contributed by atoms with van der Waals surface area (Å²) in [6.07, 6.45) is 7.42. The van der Waals surface area contributed by atoms with Gasteiger partial charge in [0.25, 0.3) is 5.91 Å². The minimum Gasteiger partial charge on any atom is -0.496 e. The molecule has 3 heteroatoms. The second-order valence-electron chi connectivity index (χ2n) is 7.20. The fourth-order valence-corrected chi connectivity index (χ4v) is 3.95. The highest BCUT2D eigenvalue weighted by molar-refractivity contribution is 6.07. The van der Waals surface area contributed by atoms with Crippen molar-refractivity contribution in [2.45, 2.75) is 26.2 Å². The normalized spacial score (nSPS) is 12.3. The van der Waals surface area contributed by atoms with Crippen LogP contribution in [0.25, 0.3) is 17.2 Å². The first-order valence-corrected chi connectivity index (χ1v) is 10.1. The average Bonchev–Trinajstić information content (AvgIpc) is 2.78. The van der Waals surface area contributed by atoms with E-state index in [1.807, 2.05) is 37.3 Å². The summed E-state index contributed by atoms with van der Waals surface area (Å²) >= 11 is 0. The lowest BCUT2D eigenvalue weighted by Gasteiger charge is -2.16. The first-order valence-electron chi connectivity index (χ1n) is 10.1. The predicted octanol–water partition coefficient (Wildman–Crippen LogP) is 6.14. The standard InChI is InChI=1S/C26H25NO2/c1-3-18-9-7-13-24(29-2)25(18)26(28)27-21-16-14-20(15-17-21)23-12-6-10-19-8-4-5-11-22(19)23/h5-7,9-17H,3-4,8H2,1-2H3,(H,27,28). The number of aryl methyl sites for hydroxylation is 2. The molecule has 3 aromatic carbocycles. The highest BCUT2D eigenvalue weighted by Gasteiger charge is 2.17. The molecule has 1 aliphatic carbocycles. The number of fused-ring (bicyclic) bond motifs is 1. The Bertz CT molecular complexity index is 1040. The zero-order valence-corrected chi connectivity index (χ0v) is 16.9. The van der Waals surface area contributed by atoms with E-state index in [1.54, 1.807) is 7.11 Å². The number of methoxy groups -OCH3 is 1. The summed E-state index contributed by atoms with van der Waals surface area (Å²) in [6, 6.07) is 20.2. The summed E-state index contributed by atoms with van der Waals surface area (Å²) in [4.78, 5) is 12.9. The van der Waals surface area contributed by atoms with Gasteiger partial charge in [0, 0.05) is 5.69 Å². The van der Waals surface area contributed by atoms with Crippen LogP contribution in [0.1, 0.15) is 40.4 Å². The van der Waals surface area contributed by atoms with Crippen LogP contribution in [0.3, 0.4) is 0 Å². The van der Waals surface area contributed by atoms with Crippen LogP contribution in [-0.2, 0) is 12.8 Å². The molecule has 0 aromatic heterocycles. The quantitative estimate of drug-likeness (QED) is 0.575. The van der Waals surface area contributed by atoms with E-state index in [0.717, 1.165) is 36.1 Å². The van der Waals surface area contributed by atoms with Gasteiger partial charge in [0.15, 0.2) is 0 Å². The van der Waals surface area contributed by atoms with Gasteiger partial charge in [0.2, 0.25) is 0 Å². The Labute approximate surface area is 172 Å². The molecule has 0 heterocycles. The molecule has 0 spiro atoms. The topological polar surface area (TPSA) is 38.3 Å². The SMILES string of the molecule is CCc1cccc(OC)c1C(=O)Nc1ccc(-c2cccc3c2C=CCC3)cc1. The molecule has 4 rings (SSSR count). The molecule has 1 N–H and O–H groups in total. The van der Waals surface area contributed by atoms with Gasteiger partial charge in [0.05, 0.1) is 12.7 Å². The maximum absolute atomic E-state index is 12.9. The maximum Gasteiger partial charge on any atom is 0.259 e. The van der Waals surface area contributed by atoms with Gasteiger partial charge in [-0.2, -0.15) is 0 Å². The smallest absolute Gasteiger partial charge is 0.259 e. The highest BCUT2D eigenvalue weighted by atomic mass is 16.5. The van der Waals surface area contributed by atoms with Crippen LogP contribution >= 0.6 is 0 Å². The number of hydrogen-bond donors (Lipinski definition) is 1. The van der Waals surface area contributed by atoms with Gasteiger partial charge in [-0.1, -0.05) is 61.5 Å². The van der Waals surface area contributed by atoms with Crippen LogP contribution in [0.2, 0.25) is 0 Å². The number of nitrogens with one attached hydrogen (secondary N) is 1. The lowest BCUT2D eigenvalue weighted by molar-refractivity contribution is 0.102. The lowest BCUT2D eigenvalue weighted by Crippen LogP contribution is -2.15. The number of rotatable bonds is 5. The number of anilines is 1. The van der Waals surface area contributed by atoms with Gasteiger partial charge in [0.1, 0.15) is 5.75 Å². The number of benzene rings is 3. The van der Waals surface area contributed by atoms with Crippen LogP contribution in [-0.4, -0.2) is 13.0 Å². The molecular formula is C26H25NO2. The minimum absolute atomic E-state index is 0.146. The molecule has 1 amide bonds. The molecule has 0 fully saturated rings.